The second-order valence-corrected chi connectivity index (χ2v) is 4.34. The Hall–Kier alpha value is -2.15. The number of carboxylic acid groups (broad SMARTS) is 1. The number of halogens is 1. The molecule has 0 aliphatic carbocycles. The average molecular weight is 268 g/mol. The maximum atomic E-state index is 13.5. The van der Waals surface area contributed by atoms with Crippen molar-refractivity contribution in [2.24, 2.45) is 0 Å². The maximum absolute atomic E-state index is 13.5. The van der Waals surface area contributed by atoms with Gasteiger partial charge in [0.1, 0.15) is 5.82 Å². The highest BCUT2D eigenvalue weighted by atomic mass is 32.1. The van der Waals surface area contributed by atoms with E-state index in [2.05, 4.69) is 10.3 Å². The van der Waals surface area contributed by atoms with Gasteiger partial charge in [0.05, 0.1) is 17.8 Å². The van der Waals surface area contributed by atoms with Crippen LogP contribution in [-0.2, 0) is 6.54 Å². The third-order valence-electron chi connectivity index (χ3n) is 2.27. The first kappa shape index (κ1) is 12.3. The number of anilines is 1. The fourth-order valence-electron chi connectivity index (χ4n) is 1.47. The number of hydrogen-bond donors (Lipinski definition) is 3. The molecule has 94 valence electrons. The van der Waals surface area contributed by atoms with Crippen molar-refractivity contribution in [3.63, 3.8) is 0 Å². The van der Waals surface area contributed by atoms with E-state index in [1.54, 1.807) is 5.38 Å². The number of carboxylic acids is 1. The molecule has 0 radical (unpaired) electrons. The minimum absolute atomic E-state index is 0.0861. The Labute approximate surface area is 105 Å². The topological polar surface area (TPSA) is 82.2 Å². The van der Waals surface area contributed by atoms with E-state index >= 15 is 0 Å². The number of H-pyrrole nitrogens is 1. The van der Waals surface area contributed by atoms with Crippen LogP contribution in [0, 0.1) is 5.82 Å². The molecule has 5 nitrogen and oxygen atoms in total. The Morgan fingerprint density at radius 1 is 1.50 bits per heavy atom. The number of aromatic carboxylic acids is 1. The van der Waals surface area contributed by atoms with Crippen molar-refractivity contribution in [1.29, 1.82) is 0 Å². The molecule has 1 heterocycles. The van der Waals surface area contributed by atoms with Crippen molar-refractivity contribution in [1.82, 2.24) is 4.98 Å². The number of aromatic nitrogens is 1. The number of benzene rings is 1. The molecule has 3 N–H and O–H groups in total. The zero-order valence-corrected chi connectivity index (χ0v) is 9.88. The predicted octanol–water partition coefficient (Wildman–Crippen LogP) is 1.89. The van der Waals surface area contributed by atoms with Crippen LogP contribution < -0.4 is 10.2 Å². The summed E-state index contributed by atoms with van der Waals surface area (Å²) < 4.78 is 13.5. The van der Waals surface area contributed by atoms with Gasteiger partial charge in [0.2, 0.25) is 0 Å². The van der Waals surface area contributed by atoms with Gasteiger partial charge in [-0.25, -0.2) is 9.18 Å². The summed E-state index contributed by atoms with van der Waals surface area (Å²) in [5, 5.41) is 13.2. The van der Waals surface area contributed by atoms with Crippen LogP contribution in [0.15, 0.2) is 28.4 Å². The Kier molecular flexibility index (Phi) is 3.42. The number of carbonyl (C=O) groups is 1. The van der Waals surface area contributed by atoms with E-state index in [4.69, 9.17) is 5.11 Å². The van der Waals surface area contributed by atoms with Gasteiger partial charge >= 0.3 is 10.8 Å². The van der Waals surface area contributed by atoms with Gasteiger partial charge in [-0.15, -0.1) is 0 Å². The summed E-state index contributed by atoms with van der Waals surface area (Å²) in [7, 11) is 0. The Balaban J connectivity index is 2.23. The van der Waals surface area contributed by atoms with Crippen molar-refractivity contribution in [2.45, 2.75) is 6.54 Å². The summed E-state index contributed by atoms with van der Waals surface area (Å²) in [6, 6.07) is 3.81. The molecule has 0 spiro atoms. The minimum atomic E-state index is -1.21. The van der Waals surface area contributed by atoms with Crippen molar-refractivity contribution in [3.05, 3.63) is 50.3 Å². The van der Waals surface area contributed by atoms with E-state index in [9.17, 15) is 14.0 Å². The third-order valence-corrected chi connectivity index (χ3v) is 2.99. The van der Waals surface area contributed by atoms with E-state index in [0.717, 1.165) is 11.3 Å². The molecule has 0 saturated carbocycles. The van der Waals surface area contributed by atoms with Gasteiger partial charge in [-0.2, -0.15) is 0 Å². The smallest absolute Gasteiger partial charge is 0.337 e. The lowest BCUT2D eigenvalue weighted by Gasteiger charge is -2.09. The van der Waals surface area contributed by atoms with Gasteiger partial charge in [0, 0.05) is 11.1 Å². The molecule has 18 heavy (non-hydrogen) atoms. The second kappa shape index (κ2) is 5.01. The summed E-state index contributed by atoms with van der Waals surface area (Å²) in [5.41, 5.74) is 0.342. The molecular formula is C11H9FN2O3S. The summed E-state index contributed by atoms with van der Waals surface area (Å²) in [6.07, 6.45) is 0. The molecule has 0 aliphatic heterocycles. The molecule has 0 amide bonds. The van der Waals surface area contributed by atoms with Crippen LogP contribution in [0.1, 0.15) is 16.1 Å². The van der Waals surface area contributed by atoms with Crippen molar-refractivity contribution in [2.75, 3.05) is 5.32 Å². The highest BCUT2D eigenvalue weighted by Crippen LogP contribution is 2.20. The molecule has 1 aromatic carbocycles. The molecule has 0 saturated heterocycles. The van der Waals surface area contributed by atoms with E-state index in [1.165, 1.54) is 18.2 Å². The van der Waals surface area contributed by atoms with Crippen LogP contribution in [0.4, 0.5) is 10.1 Å². The van der Waals surface area contributed by atoms with Gasteiger partial charge in [-0.1, -0.05) is 17.4 Å². The number of para-hydroxylation sites is 1. The van der Waals surface area contributed by atoms with E-state index in [-0.39, 0.29) is 22.7 Å². The van der Waals surface area contributed by atoms with Gasteiger partial charge in [0.15, 0.2) is 0 Å². The summed E-state index contributed by atoms with van der Waals surface area (Å²) >= 11 is 0.993. The molecule has 0 aliphatic rings. The first-order chi connectivity index (χ1) is 8.58. The van der Waals surface area contributed by atoms with E-state index in [1.807, 2.05) is 0 Å². The fraction of sp³-hybridized carbons (Fsp3) is 0.0909. The molecule has 2 aromatic rings. The first-order valence-electron chi connectivity index (χ1n) is 5.00. The number of thiazole rings is 1. The number of hydrogen-bond acceptors (Lipinski definition) is 4. The van der Waals surface area contributed by atoms with Crippen LogP contribution in [0.2, 0.25) is 0 Å². The summed E-state index contributed by atoms with van der Waals surface area (Å²) in [5.74, 6) is -1.86. The van der Waals surface area contributed by atoms with Gasteiger partial charge in [0.25, 0.3) is 0 Å². The molecular weight excluding hydrogens is 259 g/mol. The minimum Gasteiger partial charge on any atom is -0.478 e. The molecule has 0 unspecified atom stereocenters. The Morgan fingerprint density at radius 3 is 2.89 bits per heavy atom. The number of rotatable bonds is 4. The third kappa shape index (κ3) is 2.57. The summed E-state index contributed by atoms with van der Waals surface area (Å²) in [4.78, 5) is 24.2. The highest BCUT2D eigenvalue weighted by molar-refractivity contribution is 7.07. The second-order valence-electron chi connectivity index (χ2n) is 3.49. The molecule has 0 atom stereocenters. The average Bonchev–Trinajstić information content (AvgIpc) is 2.73. The lowest BCUT2D eigenvalue weighted by atomic mass is 10.1. The maximum Gasteiger partial charge on any atom is 0.337 e. The zero-order valence-electron chi connectivity index (χ0n) is 9.07. The van der Waals surface area contributed by atoms with E-state index in [0.29, 0.717) is 5.69 Å². The standard InChI is InChI=1S/C11H9FN2O3S/c12-8-3-1-2-7(10(15)16)9(8)13-4-6-5-18-11(17)14-6/h1-3,5,13H,4H2,(H,14,17)(H,15,16). The lowest BCUT2D eigenvalue weighted by Crippen LogP contribution is -2.09. The lowest BCUT2D eigenvalue weighted by molar-refractivity contribution is 0.0697. The van der Waals surface area contributed by atoms with Crippen molar-refractivity contribution in [3.8, 4) is 0 Å². The Bertz CT molecular complexity index is 635. The van der Waals surface area contributed by atoms with Crippen LogP contribution >= 0.6 is 11.3 Å². The first-order valence-corrected chi connectivity index (χ1v) is 5.88. The predicted molar refractivity (Wildman–Crippen MR) is 65.6 cm³/mol. The quantitative estimate of drug-likeness (QED) is 0.790. The van der Waals surface area contributed by atoms with Gasteiger partial charge in [-0.3, -0.25) is 4.79 Å². The summed E-state index contributed by atoms with van der Waals surface area (Å²) in [6.45, 7) is 0.153. The van der Waals surface area contributed by atoms with Crippen LogP contribution in [0.3, 0.4) is 0 Å². The highest BCUT2D eigenvalue weighted by Gasteiger charge is 2.13. The normalized spacial score (nSPS) is 10.3. The largest absolute Gasteiger partial charge is 0.478 e. The number of aromatic amines is 1. The molecule has 1 aromatic heterocycles. The van der Waals surface area contributed by atoms with Crippen molar-refractivity contribution < 1.29 is 14.3 Å². The monoisotopic (exact) mass is 268 g/mol. The molecule has 7 heteroatoms. The van der Waals surface area contributed by atoms with Gasteiger partial charge in [-0.05, 0) is 12.1 Å². The van der Waals surface area contributed by atoms with Crippen LogP contribution in [-0.4, -0.2) is 16.1 Å². The fourth-order valence-corrected chi connectivity index (χ4v) is 2.05. The van der Waals surface area contributed by atoms with Crippen molar-refractivity contribution >= 4 is 23.0 Å². The zero-order chi connectivity index (χ0) is 13.1. The SMILES string of the molecule is O=C(O)c1cccc(F)c1NCc1csc(=O)[nH]1. The molecule has 0 fully saturated rings. The molecule has 0 bridgehead atoms. The van der Waals surface area contributed by atoms with Crippen LogP contribution in [0.25, 0.3) is 0 Å². The molecule has 2 rings (SSSR count). The van der Waals surface area contributed by atoms with Gasteiger partial charge < -0.3 is 15.4 Å². The van der Waals surface area contributed by atoms with E-state index < -0.39 is 11.8 Å². The number of nitrogens with one attached hydrogen (secondary N) is 2. The van der Waals surface area contributed by atoms with Crippen LogP contribution in [0.5, 0.6) is 0 Å². The Morgan fingerprint density at radius 2 is 2.28 bits per heavy atom.